The van der Waals surface area contributed by atoms with Gasteiger partial charge < -0.3 is 9.98 Å². The molecule has 0 fully saturated rings. The minimum atomic E-state index is -0.292. The van der Waals surface area contributed by atoms with Gasteiger partial charge in [-0.3, -0.25) is 4.68 Å². The van der Waals surface area contributed by atoms with Gasteiger partial charge in [-0.15, -0.1) is 0 Å². The predicted octanol–water partition coefficient (Wildman–Crippen LogP) is 4.40. The summed E-state index contributed by atoms with van der Waals surface area (Å²) in [5, 5.41) is 12.9. The lowest BCUT2D eigenvalue weighted by Gasteiger charge is -2.18. The summed E-state index contributed by atoms with van der Waals surface area (Å²) >= 11 is 0. The standard InChI is InChI=1S/C23H24FN7/c1-15(10-20(25)11-18-12-30(3)29-16(18)2)31-14-28-22(17-4-6-19(24)7-5-17)23(31)21-8-9-26-13-27-21/h4-9,12-15,25H,10-11H2,1-3H3. The molecule has 0 amide bonds. The van der Waals surface area contributed by atoms with Gasteiger partial charge in [0.2, 0.25) is 0 Å². The summed E-state index contributed by atoms with van der Waals surface area (Å²) in [5.74, 6) is -0.292. The fourth-order valence-electron chi connectivity index (χ4n) is 3.78. The zero-order valence-electron chi connectivity index (χ0n) is 17.7. The summed E-state index contributed by atoms with van der Waals surface area (Å²) in [6, 6.07) is 8.09. The van der Waals surface area contributed by atoms with Gasteiger partial charge in [-0.25, -0.2) is 19.3 Å². The molecule has 0 aliphatic rings. The van der Waals surface area contributed by atoms with Crippen molar-refractivity contribution in [3.63, 3.8) is 0 Å². The van der Waals surface area contributed by atoms with Gasteiger partial charge in [0.25, 0.3) is 0 Å². The molecule has 0 aliphatic carbocycles. The number of rotatable bonds is 7. The topological polar surface area (TPSA) is 85.3 Å². The number of halogens is 1. The van der Waals surface area contributed by atoms with Crippen LogP contribution in [-0.4, -0.2) is 35.0 Å². The number of hydrogen-bond acceptors (Lipinski definition) is 5. The first-order chi connectivity index (χ1) is 14.9. The van der Waals surface area contributed by atoms with Gasteiger partial charge in [-0.1, -0.05) is 0 Å². The van der Waals surface area contributed by atoms with Crippen LogP contribution in [0.1, 0.15) is 30.6 Å². The van der Waals surface area contributed by atoms with Crippen LogP contribution < -0.4 is 0 Å². The van der Waals surface area contributed by atoms with Crippen molar-refractivity contribution in [3.8, 4) is 22.6 Å². The fraction of sp³-hybridized carbons (Fsp3) is 0.261. The highest BCUT2D eigenvalue weighted by molar-refractivity contribution is 5.84. The molecule has 8 heteroatoms. The molecule has 1 N–H and O–H groups in total. The highest BCUT2D eigenvalue weighted by atomic mass is 19.1. The van der Waals surface area contributed by atoms with E-state index in [-0.39, 0.29) is 11.9 Å². The van der Waals surface area contributed by atoms with Gasteiger partial charge in [-0.2, -0.15) is 5.10 Å². The van der Waals surface area contributed by atoms with Crippen molar-refractivity contribution < 1.29 is 4.39 Å². The Kier molecular flexibility index (Phi) is 5.70. The Morgan fingerprint density at radius 3 is 2.58 bits per heavy atom. The summed E-state index contributed by atoms with van der Waals surface area (Å²) < 4.78 is 17.2. The molecule has 1 unspecified atom stereocenters. The Morgan fingerprint density at radius 2 is 1.94 bits per heavy atom. The molecule has 1 aromatic carbocycles. The van der Waals surface area contributed by atoms with Crippen LogP contribution in [-0.2, 0) is 13.5 Å². The average molecular weight is 417 g/mol. The molecule has 3 heterocycles. The van der Waals surface area contributed by atoms with Gasteiger partial charge >= 0.3 is 0 Å². The average Bonchev–Trinajstić information content (AvgIpc) is 3.32. The van der Waals surface area contributed by atoms with Crippen LogP contribution >= 0.6 is 0 Å². The van der Waals surface area contributed by atoms with E-state index in [4.69, 9.17) is 5.41 Å². The molecule has 0 saturated carbocycles. The summed E-state index contributed by atoms with van der Waals surface area (Å²) in [4.78, 5) is 13.1. The molecule has 3 aromatic heterocycles. The lowest BCUT2D eigenvalue weighted by Crippen LogP contribution is -2.13. The van der Waals surface area contributed by atoms with E-state index >= 15 is 0 Å². The molecule has 31 heavy (non-hydrogen) atoms. The fourth-order valence-corrected chi connectivity index (χ4v) is 3.78. The zero-order valence-corrected chi connectivity index (χ0v) is 17.7. The van der Waals surface area contributed by atoms with E-state index < -0.39 is 0 Å². The predicted molar refractivity (Wildman–Crippen MR) is 117 cm³/mol. The van der Waals surface area contributed by atoms with Crippen LogP contribution in [0, 0.1) is 18.2 Å². The van der Waals surface area contributed by atoms with Gasteiger partial charge in [0.05, 0.1) is 29.1 Å². The van der Waals surface area contributed by atoms with E-state index in [1.165, 1.54) is 18.5 Å². The minimum Gasteiger partial charge on any atom is -0.326 e. The zero-order chi connectivity index (χ0) is 22.0. The molecule has 0 radical (unpaired) electrons. The third-order valence-electron chi connectivity index (χ3n) is 5.27. The number of aryl methyl sites for hydroxylation is 2. The smallest absolute Gasteiger partial charge is 0.123 e. The lowest BCUT2D eigenvalue weighted by molar-refractivity contribution is 0.568. The molecule has 0 aliphatic heterocycles. The van der Waals surface area contributed by atoms with Crippen LogP contribution in [0.3, 0.4) is 0 Å². The molecule has 158 valence electrons. The Bertz CT molecular complexity index is 1190. The van der Waals surface area contributed by atoms with E-state index in [2.05, 4.69) is 27.0 Å². The second kappa shape index (κ2) is 8.59. The third kappa shape index (κ3) is 4.42. The second-order valence-electron chi connectivity index (χ2n) is 7.70. The molecular weight excluding hydrogens is 393 g/mol. The molecule has 0 spiro atoms. The molecule has 7 nitrogen and oxygen atoms in total. The summed E-state index contributed by atoms with van der Waals surface area (Å²) in [7, 11) is 1.89. The van der Waals surface area contributed by atoms with E-state index in [1.807, 2.05) is 30.8 Å². The Balaban J connectivity index is 1.65. The number of nitrogens with one attached hydrogen (secondary N) is 1. The lowest BCUT2D eigenvalue weighted by atomic mass is 10.0. The third-order valence-corrected chi connectivity index (χ3v) is 5.27. The quantitative estimate of drug-likeness (QED) is 0.452. The first kappa shape index (κ1) is 20.6. The van der Waals surface area contributed by atoms with Crippen molar-refractivity contribution in [2.75, 3.05) is 0 Å². The van der Waals surface area contributed by atoms with Crippen LogP contribution in [0.4, 0.5) is 4.39 Å². The monoisotopic (exact) mass is 417 g/mol. The normalized spacial score (nSPS) is 12.1. The van der Waals surface area contributed by atoms with Gasteiger partial charge in [0.1, 0.15) is 12.1 Å². The summed E-state index contributed by atoms with van der Waals surface area (Å²) in [6.07, 6.45) is 8.04. The van der Waals surface area contributed by atoms with Crippen LogP contribution in [0.15, 0.2) is 55.4 Å². The first-order valence-corrected chi connectivity index (χ1v) is 10.1. The largest absolute Gasteiger partial charge is 0.326 e. The number of imidazole rings is 1. The van der Waals surface area contributed by atoms with Crippen LogP contribution in [0.5, 0.6) is 0 Å². The summed E-state index contributed by atoms with van der Waals surface area (Å²) in [6.45, 7) is 4.02. The molecule has 4 rings (SSSR count). The van der Waals surface area contributed by atoms with E-state index in [1.54, 1.807) is 29.3 Å². The van der Waals surface area contributed by atoms with Crippen molar-refractivity contribution in [2.45, 2.75) is 32.7 Å². The van der Waals surface area contributed by atoms with Crippen LogP contribution in [0.25, 0.3) is 22.6 Å². The Labute approximate surface area is 180 Å². The Morgan fingerprint density at radius 1 is 1.16 bits per heavy atom. The number of benzene rings is 1. The summed E-state index contributed by atoms with van der Waals surface area (Å²) in [5.41, 5.74) is 5.72. The molecule has 0 saturated heterocycles. The maximum Gasteiger partial charge on any atom is 0.123 e. The van der Waals surface area contributed by atoms with Gasteiger partial charge in [0.15, 0.2) is 0 Å². The maximum atomic E-state index is 13.4. The van der Waals surface area contributed by atoms with Gasteiger partial charge in [0, 0.05) is 49.6 Å². The molecule has 0 bridgehead atoms. The number of nitrogens with zero attached hydrogens (tertiary/aromatic N) is 6. The van der Waals surface area contributed by atoms with Crippen molar-refractivity contribution in [3.05, 3.63) is 72.5 Å². The van der Waals surface area contributed by atoms with Crippen LogP contribution in [0.2, 0.25) is 0 Å². The highest BCUT2D eigenvalue weighted by Crippen LogP contribution is 2.33. The maximum absolute atomic E-state index is 13.4. The van der Waals surface area contributed by atoms with Crippen molar-refractivity contribution in [1.29, 1.82) is 5.41 Å². The molecule has 1 atom stereocenters. The van der Waals surface area contributed by atoms with Crippen molar-refractivity contribution >= 4 is 5.71 Å². The van der Waals surface area contributed by atoms with E-state index in [0.717, 1.165) is 33.9 Å². The SMILES string of the molecule is Cc1nn(C)cc1CC(=N)CC(C)n1cnc(-c2ccc(F)cc2)c1-c1ccncn1. The van der Waals surface area contributed by atoms with E-state index in [0.29, 0.717) is 18.6 Å². The second-order valence-corrected chi connectivity index (χ2v) is 7.70. The highest BCUT2D eigenvalue weighted by Gasteiger charge is 2.20. The minimum absolute atomic E-state index is 0.0175. The Hall–Kier alpha value is -3.68. The number of hydrogen-bond donors (Lipinski definition) is 1. The molecular formula is C23H24FN7. The van der Waals surface area contributed by atoms with Gasteiger partial charge in [-0.05, 0) is 49.7 Å². The van der Waals surface area contributed by atoms with Crippen molar-refractivity contribution in [1.82, 2.24) is 29.3 Å². The van der Waals surface area contributed by atoms with E-state index in [9.17, 15) is 4.39 Å². The number of aromatic nitrogens is 6. The van der Waals surface area contributed by atoms with Crippen molar-refractivity contribution in [2.24, 2.45) is 7.05 Å². The first-order valence-electron chi connectivity index (χ1n) is 10.1. The molecule has 4 aromatic rings.